The fourth-order valence-electron chi connectivity index (χ4n) is 2.19. The summed E-state index contributed by atoms with van der Waals surface area (Å²) in [4.78, 5) is 23.0. The highest BCUT2D eigenvalue weighted by atomic mass is 16.5. The maximum absolute atomic E-state index is 12.0. The Morgan fingerprint density at radius 1 is 1.50 bits per heavy atom. The molecule has 2 atom stereocenters. The molecule has 0 spiro atoms. The van der Waals surface area contributed by atoms with Gasteiger partial charge in [-0.05, 0) is 18.1 Å². The van der Waals surface area contributed by atoms with Gasteiger partial charge in [-0.15, -0.1) is 0 Å². The number of hydrogen-bond donors (Lipinski definition) is 3. The van der Waals surface area contributed by atoms with Crippen molar-refractivity contribution in [2.75, 3.05) is 25.5 Å². The molecule has 0 saturated heterocycles. The normalized spacial score (nSPS) is 18.4. The van der Waals surface area contributed by atoms with Crippen molar-refractivity contribution in [3.05, 3.63) is 29.8 Å². The van der Waals surface area contributed by atoms with Crippen molar-refractivity contribution < 1.29 is 19.4 Å². The Labute approximate surface area is 117 Å². The summed E-state index contributed by atoms with van der Waals surface area (Å²) >= 11 is 0. The molecule has 1 aliphatic heterocycles. The molecule has 2 unspecified atom stereocenters. The van der Waals surface area contributed by atoms with E-state index in [0.717, 1.165) is 11.3 Å². The average molecular weight is 278 g/mol. The molecule has 1 aliphatic rings. The fourth-order valence-corrected chi connectivity index (χ4v) is 2.19. The smallest absolute Gasteiger partial charge is 0.336 e. The number of anilines is 1. The number of aliphatic hydroxyl groups excluding tert-OH is 1. The highest BCUT2D eigenvalue weighted by Crippen LogP contribution is 2.24. The molecule has 108 valence electrons. The molecule has 0 aliphatic carbocycles. The van der Waals surface area contributed by atoms with Crippen molar-refractivity contribution in [3.63, 3.8) is 0 Å². The van der Waals surface area contributed by atoms with Crippen LogP contribution >= 0.6 is 0 Å². The van der Waals surface area contributed by atoms with Gasteiger partial charge in [-0.3, -0.25) is 4.79 Å². The van der Waals surface area contributed by atoms with Crippen molar-refractivity contribution in [2.24, 2.45) is 5.92 Å². The number of rotatable bonds is 4. The number of hydrogen-bond acceptors (Lipinski definition) is 5. The molecule has 0 fully saturated rings. The molecule has 20 heavy (non-hydrogen) atoms. The molecule has 1 aromatic carbocycles. The van der Waals surface area contributed by atoms with E-state index in [1.807, 2.05) is 24.3 Å². The van der Waals surface area contributed by atoms with Gasteiger partial charge in [0.25, 0.3) is 0 Å². The maximum Gasteiger partial charge on any atom is 0.336 e. The van der Waals surface area contributed by atoms with E-state index in [1.165, 1.54) is 7.11 Å². The minimum Gasteiger partial charge on any atom is -0.467 e. The maximum atomic E-state index is 12.0. The van der Waals surface area contributed by atoms with E-state index < -0.39 is 12.1 Å². The van der Waals surface area contributed by atoms with E-state index in [1.54, 1.807) is 0 Å². The molecule has 6 nitrogen and oxygen atoms in total. The number of methoxy groups -OCH3 is 1. The predicted octanol–water partition coefficient (Wildman–Crippen LogP) is -0.0791. The molecular formula is C14H18N2O4. The van der Waals surface area contributed by atoms with Gasteiger partial charge in [0.2, 0.25) is 5.91 Å². The molecule has 1 aromatic rings. The predicted molar refractivity (Wildman–Crippen MR) is 73.2 cm³/mol. The highest BCUT2D eigenvalue weighted by molar-refractivity contribution is 5.82. The molecule has 0 radical (unpaired) electrons. The van der Waals surface area contributed by atoms with Crippen molar-refractivity contribution in [1.82, 2.24) is 5.32 Å². The first kappa shape index (κ1) is 14.3. The van der Waals surface area contributed by atoms with Crippen LogP contribution in [0.3, 0.4) is 0 Å². The number of fused-ring (bicyclic) bond motifs is 1. The van der Waals surface area contributed by atoms with Gasteiger partial charge in [-0.25, -0.2) is 4.79 Å². The number of carbonyl (C=O) groups excluding carboxylic acids is 2. The SMILES string of the molecule is COC(=O)C(O)CNC(=O)C1CNc2ccccc2C1. The van der Waals surface area contributed by atoms with Gasteiger partial charge in [0.15, 0.2) is 6.10 Å². The minimum atomic E-state index is -1.33. The Hall–Kier alpha value is -2.08. The Balaban J connectivity index is 1.87. The number of benzene rings is 1. The number of para-hydroxylation sites is 1. The average Bonchev–Trinajstić information content (AvgIpc) is 2.50. The number of esters is 1. The lowest BCUT2D eigenvalue weighted by atomic mass is 9.93. The van der Waals surface area contributed by atoms with Crippen LogP contribution in [0.15, 0.2) is 24.3 Å². The van der Waals surface area contributed by atoms with Crippen molar-refractivity contribution in [1.29, 1.82) is 0 Å². The Morgan fingerprint density at radius 2 is 2.25 bits per heavy atom. The number of aliphatic hydroxyl groups is 1. The summed E-state index contributed by atoms with van der Waals surface area (Å²) in [5, 5.41) is 15.2. The summed E-state index contributed by atoms with van der Waals surface area (Å²) in [6, 6.07) is 7.83. The number of ether oxygens (including phenoxy) is 1. The van der Waals surface area contributed by atoms with Crippen LogP contribution in [0.25, 0.3) is 0 Å². The Kier molecular flexibility index (Phi) is 4.57. The number of nitrogens with one attached hydrogen (secondary N) is 2. The third kappa shape index (κ3) is 3.27. The first-order valence-electron chi connectivity index (χ1n) is 6.47. The fraction of sp³-hybridized carbons (Fsp3) is 0.429. The van der Waals surface area contributed by atoms with Crippen LogP contribution in [0.4, 0.5) is 5.69 Å². The van der Waals surface area contributed by atoms with Crippen LogP contribution in [-0.4, -0.2) is 43.3 Å². The zero-order valence-corrected chi connectivity index (χ0v) is 11.3. The minimum absolute atomic E-state index is 0.135. The van der Waals surface area contributed by atoms with Gasteiger partial charge < -0.3 is 20.5 Å². The third-order valence-corrected chi connectivity index (χ3v) is 3.34. The lowest BCUT2D eigenvalue weighted by molar-refractivity contribution is -0.150. The Bertz CT molecular complexity index is 504. The second-order valence-electron chi connectivity index (χ2n) is 4.72. The van der Waals surface area contributed by atoms with E-state index in [0.29, 0.717) is 13.0 Å². The standard InChI is InChI=1S/C14H18N2O4/c1-20-14(19)12(17)8-16-13(18)10-6-9-4-2-3-5-11(9)15-7-10/h2-5,10,12,15,17H,6-8H2,1H3,(H,16,18). The van der Waals surface area contributed by atoms with Crippen LogP contribution in [-0.2, 0) is 20.7 Å². The van der Waals surface area contributed by atoms with Gasteiger partial charge in [-0.2, -0.15) is 0 Å². The summed E-state index contributed by atoms with van der Waals surface area (Å²) in [6.45, 7) is 0.404. The summed E-state index contributed by atoms with van der Waals surface area (Å²) in [5.41, 5.74) is 2.14. The summed E-state index contributed by atoms with van der Waals surface area (Å²) in [6.07, 6.45) is -0.684. The van der Waals surface area contributed by atoms with E-state index in [2.05, 4.69) is 15.4 Å². The van der Waals surface area contributed by atoms with E-state index >= 15 is 0 Å². The molecular weight excluding hydrogens is 260 g/mol. The lowest BCUT2D eigenvalue weighted by Gasteiger charge is -2.25. The molecule has 6 heteroatoms. The largest absolute Gasteiger partial charge is 0.467 e. The molecule has 1 heterocycles. The first-order valence-corrected chi connectivity index (χ1v) is 6.47. The topological polar surface area (TPSA) is 87.7 Å². The van der Waals surface area contributed by atoms with E-state index in [-0.39, 0.29) is 18.4 Å². The molecule has 0 bridgehead atoms. The van der Waals surface area contributed by atoms with E-state index in [4.69, 9.17) is 0 Å². The number of amides is 1. The molecule has 3 N–H and O–H groups in total. The third-order valence-electron chi connectivity index (χ3n) is 3.34. The molecule has 2 rings (SSSR count). The van der Waals surface area contributed by atoms with Crippen LogP contribution < -0.4 is 10.6 Å². The van der Waals surface area contributed by atoms with Crippen molar-refractivity contribution in [3.8, 4) is 0 Å². The van der Waals surface area contributed by atoms with Crippen molar-refractivity contribution >= 4 is 17.6 Å². The second-order valence-corrected chi connectivity index (χ2v) is 4.72. The van der Waals surface area contributed by atoms with Crippen molar-refractivity contribution in [2.45, 2.75) is 12.5 Å². The molecule has 0 aromatic heterocycles. The number of carbonyl (C=O) groups is 2. The first-order chi connectivity index (χ1) is 9.61. The van der Waals surface area contributed by atoms with Crippen LogP contribution in [0.2, 0.25) is 0 Å². The highest BCUT2D eigenvalue weighted by Gasteiger charge is 2.25. The van der Waals surface area contributed by atoms with Crippen LogP contribution in [0.1, 0.15) is 5.56 Å². The van der Waals surface area contributed by atoms with Gasteiger partial charge in [0, 0.05) is 12.2 Å². The Morgan fingerprint density at radius 3 is 3.00 bits per heavy atom. The summed E-state index contributed by atoms with van der Waals surface area (Å²) in [7, 11) is 1.19. The van der Waals surface area contributed by atoms with Gasteiger partial charge in [0.05, 0.1) is 19.6 Å². The van der Waals surface area contributed by atoms with Crippen LogP contribution in [0.5, 0.6) is 0 Å². The monoisotopic (exact) mass is 278 g/mol. The van der Waals surface area contributed by atoms with Crippen LogP contribution in [0, 0.1) is 5.92 Å². The lowest BCUT2D eigenvalue weighted by Crippen LogP contribution is -2.43. The summed E-state index contributed by atoms with van der Waals surface area (Å²) in [5.74, 6) is -1.15. The van der Waals surface area contributed by atoms with E-state index in [9.17, 15) is 14.7 Å². The molecule has 0 saturated carbocycles. The zero-order valence-electron chi connectivity index (χ0n) is 11.3. The van der Waals surface area contributed by atoms with Gasteiger partial charge >= 0.3 is 5.97 Å². The second kappa shape index (κ2) is 6.38. The molecule has 1 amide bonds. The zero-order chi connectivity index (χ0) is 14.5. The van der Waals surface area contributed by atoms with Gasteiger partial charge in [-0.1, -0.05) is 18.2 Å². The summed E-state index contributed by atoms with van der Waals surface area (Å²) < 4.78 is 4.38. The van der Waals surface area contributed by atoms with Gasteiger partial charge in [0.1, 0.15) is 0 Å². The quantitative estimate of drug-likeness (QED) is 0.671.